The predicted octanol–water partition coefficient (Wildman–Crippen LogP) is 5.30. The lowest BCUT2D eigenvalue weighted by atomic mass is 10.1. The van der Waals surface area contributed by atoms with Crippen molar-refractivity contribution in [3.63, 3.8) is 0 Å². The first-order chi connectivity index (χ1) is 6.48. The molecule has 0 saturated heterocycles. The van der Waals surface area contributed by atoms with E-state index in [1.165, 1.54) is 0 Å². The molecule has 0 aliphatic rings. The molecule has 0 aliphatic heterocycles. The topological polar surface area (TPSA) is 0 Å². The molecule has 0 rings (SSSR count). The van der Waals surface area contributed by atoms with Crippen molar-refractivity contribution < 1.29 is 13.2 Å². The SMILES string of the molecule is CCCC(Cl)C(Cl)(Cl)C(Cl)(Cl)C(F)(F)F. The summed E-state index contributed by atoms with van der Waals surface area (Å²) in [5, 5.41) is -1.19. The van der Waals surface area contributed by atoms with E-state index in [2.05, 4.69) is 0 Å². The predicted molar refractivity (Wildman–Crippen MR) is 59.5 cm³/mol. The van der Waals surface area contributed by atoms with E-state index in [9.17, 15) is 13.2 Å². The van der Waals surface area contributed by atoms with Gasteiger partial charge in [-0.25, -0.2) is 0 Å². The molecule has 0 amide bonds. The van der Waals surface area contributed by atoms with E-state index in [1.54, 1.807) is 6.92 Å². The van der Waals surface area contributed by atoms with E-state index in [0.717, 1.165) is 0 Å². The van der Waals surface area contributed by atoms with Crippen molar-refractivity contribution in [3.8, 4) is 0 Å². The number of hydrogen-bond donors (Lipinski definition) is 0. The molecule has 0 fully saturated rings. The molecule has 1 atom stereocenters. The van der Waals surface area contributed by atoms with Crippen molar-refractivity contribution in [2.45, 2.75) is 40.0 Å². The molecule has 15 heavy (non-hydrogen) atoms. The zero-order valence-electron chi connectivity index (χ0n) is 7.52. The van der Waals surface area contributed by atoms with Crippen molar-refractivity contribution in [2.75, 3.05) is 0 Å². The molecule has 0 nitrogen and oxygen atoms in total. The van der Waals surface area contributed by atoms with E-state index >= 15 is 0 Å². The zero-order chi connectivity index (χ0) is 12.5. The normalized spacial score (nSPS) is 16.6. The van der Waals surface area contributed by atoms with Gasteiger partial charge in [0.2, 0.25) is 4.33 Å². The van der Waals surface area contributed by atoms with Crippen LogP contribution in [0.15, 0.2) is 0 Å². The summed E-state index contributed by atoms with van der Waals surface area (Å²) in [6.07, 6.45) is -4.27. The third-order valence-corrected chi connectivity index (χ3v) is 4.98. The highest BCUT2D eigenvalue weighted by atomic mass is 35.5. The van der Waals surface area contributed by atoms with Gasteiger partial charge in [-0.2, -0.15) is 13.2 Å². The van der Waals surface area contributed by atoms with E-state index in [-0.39, 0.29) is 6.42 Å². The van der Waals surface area contributed by atoms with Crippen LogP contribution >= 0.6 is 58.0 Å². The maximum Gasteiger partial charge on any atom is 0.424 e. The van der Waals surface area contributed by atoms with Gasteiger partial charge in [0.1, 0.15) is 0 Å². The highest BCUT2D eigenvalue weighted by Gasteiger charge is 2.67. The Labute approximate surface area is 111 Å². The van der Waals surface area contributed by atoms with Crippen LogP contribution in [0.2, 0.25) is 0 Å². The molecule has 0 saturated carbocycles. The largest absolute Gasteiger partial charge is 0.424 e. The minimum atomic E-state index is -4.96. The number of alkyl halides is 8. The molecule has 0 spiro atoms. The van der Waals surface area contributed by atoms with Crippen molar-refractivity contribution in [1.29, 1.82) is 0 Å². The molecule has 0 heterocycles. The lowest BCUT2D eigenvalue weighted by Crippen LogP contribution is -2.53. The Kier molecular flexibility index (Phi) is 5.69. The average molecular weight is 326 g/mol. The number of halogens is 8. The third-order valence-electron chi connectivity index (χ3n) is 1.71. The van der Waals surface area contributed by atoms with Gasteiger partial charge in [0.05, 0.1) is 5.38 Å². The molecule has 0 aromatic rings. The molecule has 0 bridgehead atoms. The monoisotopic (exact) mass is 324 g/mol. The fourth-order valence-electron chi connectivity index (χ4n) is 0.820. The Balaban J connectivity index is 5.00. The van der Waals surface area contributed by atoms with Gasteiger partial charge in [0.15, 0.2) is 4.33 Å². The van der Waals surface area contributed by atoms with Crippen LogP contribution in [-0.2, 0) is 0 Å². The maximum absolute atomic E-state index is 12.4. The molecular weight excluding hydrogens is 318 g/mol. The zero-order valence-corrected chi connectivity index (χ0v) is 11.3. The van der Waals surface area contributed by atoms with Crippen LogP contribution in [0.4, 0.5) is 13.2 Å². The van der Waals surface area contributed by atoms with Crippen LogP contribution in [-0.4, -0.2) is 20.2 Å². The molecular formula is C7H8Cl5F3. The van der Waals surface area contributed by atoms with Gasteiger partial charge in [-0.05, 0) is 6.42 Å². The maximum atomic E-state index is 12.4. The summed E-state index contributed by atoms with van der Waals surface area (Å²) in [7, 11) is 0. The standard InChI is InChI=1S/C7H8Cl5F3/c1-2-3-4(8)5(9,10)6(11,12)7(13,14)15/h4H,2-3H2,1H3. The van der Waals surface area contributed by atoms with Crippen LogP contribution in [0.3, 0.4) is 0 Å². The fourth-order valence-corrected chi connectivity index (χ4v) is 2.01. The second-order valence-electron chi connectivity index (χ2n) is 2.95. The Hall–Kier alpha value is 1.24. The fraction of sp³-hybridized carbons (Fsp3) is 1.00. The second-order valence-corrected chi connectivity index (χ2v) is 6.19. The first-order valence-corrected chi connectivity index (χ1v) is 5.89. The van der Waals surface area contributed by atoms with E-state index in [0.29, 0.717) is 6.42 Å². The first kappa shape index (κ1) is 16.2. The number of rotatable bonds is 4. The Morgan fingerprint density at radius 3 is 1.73 bits per heavy atom. The number of hydrogen-bond acceptors (Lipinski definition) is 0. The lowest BCUT2D eigenvalue weighted by molar-refractivity contribution is -0.144. The van der Waals surface area contributed by atoms with Crippen molar-refractivity contribution in [3.05, 3.63) is 0 Å². The van der Waals surface area contributed by atoms with Crippen LogP contribution in [0.25, 0.3) is 0 Å². The van der Waals surface area contributed by atoms with E-state index in [1.807, 2.05) is 0 Å². The van der Waals surface area contributed by atoms with E-state index in [4.69, 9.17) is 58.0 Å². The molecule has 0 N–H and O–H groups in total. The molecule has 92 valence electrons. The van der Waals surface area contributed by atoms with Crippen molar-refractivity contribution in [2.24, 2.45) is 0 Å². The molecule has 0 aliphatic carbocycles. The van der Waals surface area contributed by atoms with Crippen LogP contribution in [0, 0.1) is 0 Å². The summed E-state index contributed by atoms with van der Waals surface area (Å²) in [4.78, 5) is 0. The van der Waals surface area contributed by atoms with Gasteiger partial charge in [-0.1, -0.05) is 59.7 Å². The summed E-state index contributed by atoms with van der Waals surface area (Å²) in [6, 6.07) is 0. The summed E-state index contributed by atoms with van der Waals surface area (Å²) in [6.45, 7) is 1.72. The molecule has 0 aromatic heterocycles. The molecule has 0 radical (unpaired) electrons. The van der Waals surface area contributed by atoms with Gasteiger partial charge in [-0.3, -0.25) is 0 Å². The van der Waals surface area contributed by atoms with Gasteiger partial charge in [-0.15, -0.1) is 11.6 Å². The molecule has 8 heteroatoms. The molecule has 1 unspecified atom stereocenters. The highest BCUT2D eigenvalue weighted by Crippen LogP contribution is 2.55. The highest BCUT2D eigenvalue weighted by molar-refractivity contribution is 6.64. The van der Waals surface area contributed by atoms with Crippen molar-refractivity contribution >= 4 is 58.0 Å². The third kappa shape index (κ3) is 3.35. The Bertz CT molecular complexity index is 213. The molecule has 0 aromatic carbocycles. The van der Waals surface area contributed by atoms with Crippen molar-refractivity contribution in [1.82, 2.24) is 0 Å². The quantitative estimate of drug-likeness (QED) is 0.615. The lowest BCUT2D eigenvalue weighted by Gasteiger charge is -2.37. The second kappa shape index (κ2) is 5.26. The van der Waals surface area contributed by atoms with Gasteiger partial charge in [0.25, 0.3) is 0 Å². The van der Waals surface area contributed by atoms with E-state index < -0.39 is 20.2 Å². The van der Waals surface area contributed by atoms with Crippen LogP contribution in [0.5, 0.6) is 0 Å². The summed E-state index contributed by atoms with van der Waals surface area (Å²) < 4.78 is 31.5. The Morgan fingerprint density at radius 1 is 1.07 bits per heavy atom. The minimum absolute atomic E-state index is 0.172. The summed E-state index contributed by atoms with van der Waals surface area (Å²) >= 11 is 26.9. The van der Waals surface area contributed by atoms with Gasteiger partial charge >= 0.3 is 6.18 Å². The van der Waals surface area contributed by atoms with Crippen LogP contribution < -0.4 is 0 Å². The van der Waals surface area contributed by atoms with Crippen LogP contribution in [0.1, 0.15) is 19.8 Å². The smallest absolute Gasteiger partial charge is 0.168 e. The summed E-state index contributed by atoms with van der Waals surface area (Å²) in [5.41, 5.74) is 0. The van der Waals surface area contributed by atoms with Gasteiger partial charge in [0, 0.05) is 0 Å². The summed E-state index contributed by atoms with van der Waals surface area (Å²) in [5.74, 6) is 0. The average Bonchev–Trinajstić information content (AvgIpc) is 2.02. The first-order valence-electron chi connectivity index (χ1n) is 3.95. The minimum Gasteiger partial charge on any atom is -0.168 e. The van der Waals surface area contributed by atoms with Gasteiger partial charge < -0.3 is 0 Å². The Morgan fingerprint density at radius 2 is 1.47 bits per heavy atom.